The van der Waals surface area contributed by atoms with Crippen LogP contribution in [0.15, 0.2) is 34.9 Å². The Morgan fingerprint density at radius 2 is 1.25 bits per heavy atom. The second kappa shape index (κ2) is 25.4. The number of esters is 2. The van der Waals surface area contributed by atoms with Gasteiger partial charge in [-0.3, -0.25) is 4.79 Å². The summed E-state index contributed by atoms with van der Waals surface area (Å²) in [5, 5.41) is 92.7. The topological polar surface area (TPSA) is 253 Å². The molecule has 0 amide bonds. The Morgan fingerprint density at radius 1 is 0.702 bits per heavy atom. The van der Waals surface area contributed by atoms with Crippen molar-refractivity contribution < 1.29 is 74.5 Å². The first kappa shape index (κ1) is 52.7. The molecule has 0 aromatic rings. The van der Waals surface area contributed by atoms with Crippen molar-refractivity contribution in [1.29, 1.82) is 0 Å². The van der Waals surface area contributed by atoms with Gasteiger partial charge in [-0.15, -0.1) is 0 Å². The summed E-state index contributed by atoms with van der Waals surface area (Å²) in [5.74, 6) is -1.96. The number of aliphatic hydroxyl groups excluding tert-OH is 9. The second-order valence-electron chi connectivity index (χ2n) is 16.5. The van der Waals surface area contributed by atoms with Gasteiger partial charge in [0.05, 0.1) is 24.9 Å². The first-order chi connectivity index (χ1) is 26.5. The molecule has 1 heterocycles. The minimum Gasteiger partial charge on any atom is -0.463 e. The fourth-order valence-corrected chi connectivity index (χ4v) is 7.35. The molecule has 1 rings (SSSR count). The lowest BCUT2D eigenvalue weighted by Gasteiger charge is -2.43. The van der Waals surface area contributed by atoms with E-state index in [-0.39, 0.29) is 24.0 Å². The van der Waals surface area contributed by atoms with E-state index in [9.17, 15) is 50.4 Å². The minimum atomic E-state index is -1.71. The van der Waals surface area contributed by atoms with Crippen LogP contribution in [0.4, 0.5) is 0 Å². The zero-order valence-electron chi connectivity index (χ0n) is 35.8. The van der Waals surface area contributed by atoms with Crippen molar-refractivity contribution in [2.45, 2.75) is 163 Å². The highest BCUT2D eigenvalue weighted by Crippen LogP contribution is 2.33. The Hall–Kier alpha value is -2.28. The summed E-state index contributed by atoms with van der Waals surface area (Å²) in [5.41, 5.74) is 1.30. The molecule has 15 heteroatoms. The van der Waals surface area contributed by atoms with E-state index in [2.05, 4.69) is 20.8 Å². The molecule has 0 radical (unpaired) electrons. The molecule has 332 valence electrons. The molecule has 1 fully saturated rings. The third-order valence-electron chi connectivity index (χ3n) is 10.9. The molecule has 57 heavy (non-hydrogen) atoms. The number of ether oxygens (including phenoxy) is 4. The van der Waals surface area contributed by atoms with Crippen LogP contribution >= 0.6 is 0 Å². The van der Waals surface area contributed by atoms with Crippen molar-refractivity contribution in [1.82, 2.24) is 0 Å². The highest BCUT2D eigenvalue weighted by molar-refractivity contribution is 5.87. The molecule has 0 bridgehead atoms. The van der Waals surface area contributed by atoms with Gasteiger partial charge in [-0.05, 0) is 62.5 Å². The van der Waals surface area contributed by atoms with Crippen molar-refractivity contribution in [3.8, 4) is 0 Å². The molecular weight excluding hydrogens is 744 g/mol. The zero-order valence-corrected chi connectivity index (χ0v) is 35.8. The fourth-order valence-electron chi connectivity index (χ4n) is 7.35. The third-order valence-corrected chi connectivity index (χ3v) is 10.9. The largest absolute Gasteiger partial charge is 0.463 e. The summed E-state index contributed by atoms with van der Waals surface area (Å²) in [4.78, 5) is 23.9. The summed E-state index contributed by atoms with van der Waals surface area (Å²) in [6.45, 7) is 18.4. The summed E-state index contributed by atoms with van der Waals surface area (Å²) in [7, 11) is 0. The lowest BCUT2D eigenvalue weighted by atomic mass is 9.82. The van der Waals surface area contributed by atoms with Crippen molar-refractivity contribution >= 4 is 11.9 Å². The van der Waals surface area contributed by atoms with Crippen LogP contribution in [0, 0.1) is 35.5 Å². The predicted molar refractivity (Wildman–Crippen MR) is 212 cm³/mol. The van der Waals surface area contributed by atoms with Crippen LogP contribution < -0.4 is 0 Å². The number of carbonyl (C=O) groups is 2. The van der Waals surface area contributed by atoms with Gasteiger partial charge >= 0.3 is 11.9 Å². The van der Waals surface area contributed by atoms with E-state index in [0.717, 1.165) is 19.3 Å². The van der Waals surface area contributed by atoms with Gasteiger partial charge in [0.25, 0.3) is 0 Å². The smallest absolute Gasteiger partial charge is 0.333 e. The monoisotopic (exact) mass is 819 g/mol. The van der Waals surface area contributed by atoms with E-state index in [1.165, 1.54) is 19.9 Å². The van der Waals surface area contributed by atoms with E-state index in [1.807, 2.05) is 19.9 Å². The summed E-state index contributed by atoms with van der Waals surface area (Å²) in [6.07, 6.45) is -6.74. The second-order valence-corrected chi connectivity index (χ2v) is 16.5. The average Bonchev–Trinajstić information content (AvgIpc) is 3.15. The van der Waals surface area contributed by atoms with Crippen molar-refractivity contribution in [3.63, 3.8) is 0 Å². The predicted octanol–water partition coefficient (Wildman–Crippen LogP) is 1.93. The Kier molecular flexibility index (Phi) is 23.5. The molecule has 1 aliphatic rings. The van der Waals surface area contributed by atoms with Gasteiger partial charge in [-0.25, -0.2) is 4.79 Å². The minimum absolute atomic E-state index is 0.0761. The number of rotatable bonds is 24. The van der Waals surface area contributed by atoms with Gasteiger partial charge in [0.2, 0.25) is 0 Å². The average molecular weight is 819 g/mol. The summed E-state index contributed by atoms with van der Waals surface area (Å²) >= 11 is 0. The molecule has 0 spiro atoms. The van der Waals surface area contributed by atoms with Crippen molar-refractivity contribution in [2.24, 2.45) is 35.5 Å². The van der Waals surface area contributed by atoms with Crippen LogP contribution in [0.3, 0.4) is 0 Å². The maximum absolute atomic E-state index is 12.5. The summed E-state index contributed by atoms with van der Waals surface area (Å²) < 4.78 is 22.4. The van der Waals surface area contributed by atoms with E-state index in [1.54, 1.807) is 33.8 Å². The molecule has 17 atom stereocenters. The molecule has 1 saturated heterocycles. The van der Waals surface area contributed by atoms with Crippen LogP contribution in [-0.4, -0.2) is 145 Å². The molecule has 0 aromatic carbocycles. The number of carbonyl (C=O) groups excluding carboxylic acids is 2. The Balaban J connectivity index is 3.20. The first-order valence-electron chi connectivity index (χ1n) is 20.2. The SMILES string of the molecule is CCC(C)CC(C)CC(C)C(O[C@@H]1OC(COC(C)=O)[C@@H](O)[C@H](O)C1O)C(C)/C=C(\C)C(O)C(C)/C=C(\C)C(O)C(C)/C=C(\C)C(=O)OC[C@@H](O)[C@@H](O)[C@H](O)CO. The van der Waals surface area contributed by atoms with Gasteiger partial charge in [0.1, 0.15) is 55.9 Å². The third kappa shape index (κ3) is 17.1. The Bertz CT molecular complexity index is 1300. The highest BCUT2D eigenvalue weighted by Gasteiger charge is 2.46. The van der Waals surface area contributed by atoms with Gasteiger partial charge < -0.3 is 64.9 Å². The standard InChI is InChI=1S/C42H74O15/c1-12-21(2)13-22(3)14-27(8)40(57-42-39(52)38(51)37(50)33(56-42)20-54-30(11)44)28(9)16-25(6)34(47)23(4)15-24(5)35(48)26(7)17-29(10)41(53)55-19-32(46)36(49)31(45)18-43/h15-17,21-23,26-28,31-40,42-43,45-52H,12-14,18-20H2,1-11H3/b24-15+,25-16+,29-17+/t21?,22?,23?,26?,27?,28?,31-,32-,33?,34?,35?,36+,37-,38+,39?,40?,42+/m1/s1. The molecule has 9 N–H and O–H groups in total. The highest BCUT2D eigenvalue weighted by atomic mass is 16.7. The molecule has 0 aliphatic carbocycles. The first-order valence-corrected chi connectivity index (χ1v) is 20.2. The van der Waals surface area contributed by atoms with E-state index in [4.69, 9.17) is 24.1 Å². The van der Waals surface area contributed by atoms with Crippen LogP contribution in [0.25, 0.3) is 0 Å². The Labute approximate surface area is 339 Å². The van der Waals surface area contributed by atoms with Gasteiger partial charge in [0, 0.05) is 30.3 Å². The normalized spacial score (nSPS) is 27.5. The molecule has 0 aromatic heterocycles. The molecule has 1 aliphatic heterocycles. The zero-order chi connectivity index (χ0) is 43.9. The molecular formula is C42H74O15. The number of hydrogen-bond donors (Lipinski definition) is 9. The maximum Gasteiger partial charge on any atom is 0.333 e. The Morgan fingerprint density at radius 3 is 1.77 bits per heavy atom. The van der Waals surface area contributed by atoms with Crippen molar-refractivity contribution in [2.75, 3.05) is 19.8 Å². The number of aliphatic hydroxyl groups is 9. The van der Waals surface area contributed by atoms with Gasteiger partial charge in [-0.2, -0.15) is 0 Å². The van der Waals surface area contributed by atoms with Crippen LogP contribution in [0.1, 0.15) is 95.4 Å². The lowest BCUT2D eigenvalue weighted by Crippen LogP contribution is -2.60. The van der Waals surface area contributed by atoms with E-state index in [0.29, 0.717) is 23.0 Å². The van der Waals surface area contributed by atoms with Crippen molar-refractivity contribution in [3.05, 3.63) is 34.9 Å². The van der Waals surface area contributed by atoms with Crippen LogP contribution in [0.5, 0.6) is 0 Å². The quantitative estimate of drug-likeness (QED) is 0.0383. The van der Waals surface area contributed by atoms with E-state index < -0.39 is 104 Å². The summed E-state index contributed by atoms with van der Waals surface area (Å²) in [6, 6.07) is 0. The maximum atomic E-state index is 12.5. The van der Waals surface area contributed by atoms with Crippen LogP contribution in [-0.2, 0) is 28.5 Å². The van der Waals surface area contributed by atoms with Gasteiger partial charge in [-0.1, -0.05) is 73.1 Å². The van der Waals surface area contributed by atoms with E-state index >= 15 is 0 Å². The fraction of sp³-hybridized carbons (Fsp3) is 0.810. The van der Waals surface area contributed by atoms with Gasteiger partial charge in [0.15, 0.2) is 6.29 Å². The molecule has 15 nitrogen and oxygen atoms in total. The number of hydrogen-bond acceptors (Lipinski definition) is 15. The molecule has 0 saturated carbocycles. The van der Waals surface area contributed by atoms with Crippen LogP contribution in [0.2, 0.25) is 0 Å². The lowest BCUT2D eigenvalue weighted by molar-refractivity contribution is -0.317. The molecule has 11 unspecified atom stereocenters.